The molecule has 5 rings (SSSR count). The minimum absolute atomic E-state index is 0.165. The fraction of sp³-hybridized carbons (Fsp3) is 0.600. The van der Waals surface area contributed by atoms with Crippen molar-refractivity contribution < 1.29 is 23.8 Å². The zero-order valence-corrected chi connectivity index (χ0v) is 18.2. The SMILES string of the molecule is COC(=O)[C@@H]1C[C@]23C=C[C@@]1(OC(C)=O)[C@@]2(C)CC[C@@H]1c2ccc(OC)cc2CC[C@@H]13. The van der Waals surface area contributed by atoms with Crippen molar-refractivity contribution in [1.29, 1.82) is 0 Å². The number of esters is 2. The Morgan fingerprint density at radius 2 is 1.93 bits per heavy atom. The molecule has 0 aromatic heterocycles. The van der Waals surface area contributed by atoms with Crippen LogP contribution < -0.4 is 4.74 Å². The standard InChI is InChI=1S/C25H30O5/c1-15(26)30-25-12-11-24(14-21(25)22(27)29-4)20-8-5-16-13-17(28-3)6-7-18(16)19(20)9-10-23(24,25)2/h6-7,11-13,19-21H,5,8-10,14H2,1-4H3/t19-,20+,21+,23+,24+,25+/m1/s1. The van der Waals surface area contributed by atoms with Crippen LogP contribution in [-0.2, 0) is 25.5 Å². The van der Waals surface area contributed by atoms with Gasteiger partial charge in [-0.2, -0.15) is 0 Å². The van der Waals surface area contributed by atoms with Crippen molar-refractivity contribution in [2.75, 3.05) is 14.2 Å². The van der Waals surface area contributed by atoms with E-state index in [0.717, 1.165) is 31.4 Å². The highest BCUT2D eigenvalue weighted by Gasteiger charge is 2.78. The van der Waals surface area contributed by atoms with Gasteiger partial charge in [-0.25, -0.2) is 0 Å². The summed E-state index contributed by atoms with van der Waals surface area (Å²) in [6.07, 6.45) is 9.02. The highest BCUT2D eigenvalue weighted by atomic mass is 16.6. The first-order valence-electron chi connectivity index (χ1n) is 11.0. The number of carbonyl (C=O) groups is 2. The van der Waals surface area contributed by atoms with Crippen LogP contribution in [0.2, 0.25) is 0 Å². The van der Waals surface area contributed by atoms with E-state index in [2.05, 4.69) is 31.2 Å². The van der Waals surface area contributed by atoms with E-state index in [1.54, 1.807) is 7.11 Å². The summed E-state index contributed by atoms with van der Waals surface area (Å²) in [5.74, 6) is 0.718. The Labute approximate surface area is 177 Å². The molecule has 0 heterocycles. The lowest BCUT2D eigenvalue weighted by molar-refractivity contribution is -0.179. The van der Waals surface area contributed by atoms with Gasteiger partial charge >= 0.3 is 11.9 Å². The molecule has 1 aromatic carbocycles. The van der Waals surface area contributed by atoms with Crippen molar-refractivity contribution in [2.24, 2.45) is 22.7 Å². The number of fused-ring (bicyclic) bond motifs is 3. The molecule has 0 unspecified atom stereocenters. The average Bonchev–Trinajstić information content (AvgIpc) is 3.12. The van der Waals surface area contributed by atoms with Gasteiger partial charge in [0.15, 0.2) is 0 Å². The van der Waals surface area contributed by atoms with Gasteiger partial charge in [-0.15, -0.1) is 0 Å². The average molecular weight is 411 g/mol. The molecular formula is C25H30O5. The summed E-state index contributed by atoms with van der Waals surface area (Å²) in [5.41, 5.74) is 1.43. The van der Waals surface area contributed by atoms with Crippen LogP contribution in [-0.4, -0.2) is 31.8 Å². The summed E-state index contributed by atoms with van der Waals surface area (Å²) >= 11 is 0. The van der Waals surface area contributed by atoms with Crippen LogP contribution in [0.5, 0.6) is 5.75 Å². The molecule has 0 radical (unpaired) electrons. The molecule has 0 amide bonds. The van der Waals surface area contributed by atoms with E-state index in [0.29, 0.717) is 18.3 Å². The van der Waals surface area contributed by atoms with Gasteiger partial charge in [0.1, 0.15) is 17.3 Å². The van der Waals surface area contributed by atoms with Crippen molar-refractivity contribution in [3.63, 3.8) is 0 Å². The highest BCUT2D eigenvalue weighted by molar-refractivity contribution is 5.78. The summed E-state index contributed by atoms with van der Waals surface area (Å²) in [5, 5.41) is 0. The van der Waals surface area contributed by atoms with Gasteiger partial charge in [0.25, 0.3) is 0 Å². The molecule has 5 heteroatoms. The molecule has 4 aliphatic carbocycles. The monoisotopic (exact) mass is 410 g/mol. The molecule has 2 bridgehead atoms. The lowest BCUT2D eigenvalue weighted by atomic mass is 9.48. The third-order valence-corrected chi connectivity index (χ3v) is 8.95. The summed E-state index contributed by atoms with van der Waals surface area (Å²) < 4.78 is 16.7. The smallest absolute Gasteiger partial charge is 0.313 e. The van der Waals surface area contributed by atoms with Gasteiger partial charge in [0.05, 0.1) is 14.2 Å². The minimum Gasteiger partial charge on any atom is -0.497 e. The first kappa shape index (κ1) is 19.7. The second kappa shape index (κ2) is 6.35. The number of hydrogen-bond donors (Lipinski definition) is 0. The molecule has 2 saturated carbocycles. The van der Waals surface area contributed by atoms with Crippen molar-refractivity contribution >= 4 is 11.9 Å². The second-order valence-electron chi connectivity index (χ2n) is 9.73. The summed E-state index contributed by atoms with van der Waals surface area (Å²) in [4.78, 5) is 25.0. The molecule has 0 saturated heterocycles. The Balaban J connectivity index is 1.60. The molecule has 6 atom stereocenters. The molecular weight excluding hydrogens is 380 g/mol. The van der Waals surface area contributed by atoms with E-state index in [-0.39, 0.29) is 22.8 Å². The Morgan fingerprint density at radius 3 is 2.63 bits per heavy atom. The van der Waals surface area contributed by atoms with Crippen LogP contribution in [0.15, 0.2) is 30.4 Å². The van der Waals surface area contributed by atoms with Gasteiger partial charge in [0.2, 0.25) is 0 Å². The molecule has 0 aliphatic heterocycles. The maximum Gasteiger partial charge on any atom is 0.313 e. The van der Waals surface area contributed by atoms with E-state index in [9.17, 15) is 9.59 Å². The van der Waals surface area contributed by atoms with E-state index in [1.165, 1.54) is 25.2 Å². The summed E-state index contributed by atoms with van der Waals surface area (Å²) in [6.45, 7) is 3.67. The van der Waals surface area contributed by atoms with Crippen LogP contribution in [0, 0.1) is 22.7 Å². The van der Waals surface area contributed by atoms with Gasteiger partial charge in [-0.05, 0) is 73.3 Å². The molecule has 160 valence electrons. The number of methoxy groups -OCH3 is 2. The maximum atomic E-state index is 12.8. The summed E-state index contributed by atoms with van der Waals surface area (Å²) in [7, 11) is 3.14. The van der Waals surface area contributed by atoms with Gasteiger partial charge in [-0.3, -0.25) is 9.59 Å². The van der Waals surface area contributed by atoms with Crippen LogP contribution in [0.3, 0.4) is 0 Å². The molecule has 2 fully saturated rings. The van der Waals surface area contributed by atoms with Crippen LogP contribution in [0.1, 0.15) is 56.6 Å². The number of benzene rings is 1. The first-order valence-corrected chi connectivity index (χ1v) is 11.0. The number of aryl methyl sites for hydroxylation is 1. The molecule has 5 nitrogen and oxygen atoms in total. The molecule has 30 heavy (non-hydrogen) atoms. The predicted molar refractivity (Wildman–Crippen MR) is 111 cm³/mol. The quantitative estimate of drug-likeness (QED) is 0.552. The summed E-state index contributed by atoms with van der Waals surface area (Å²) in [6, 6.07) is 6.47. The lowest BCUT2D eigenvalue weighted by Gasteiger charge is -2.56. The van der Waals surface area contributed by atoms with E-state index in [1.807, 2.05) is 6.08 Å². The lowest BCUT2D eigenvalue weighted by Crippen LogP contribution is -2.55. The molecule has 1 aromatic rings. The number of carbonyl (C=O) groups excluding carboxylic acids is 2. The van der Waals surface area contributed by atoms with Crippen molar-refractivity contribution in [3.8, 4) is 5.75 Å². The number of ether oxygens (including phenoxy) is 3. The molecule has 0 N–H and O–H groups in total. The largest absolute Gasteiger partial charge is 0.497 e. The fourth-order valence-corrected chi connectivity index (χ4v) is 7.69. The Hall–Kier alpha value is -2.30. The number of rotatable bonds is 3. The van der Waals surface area contributed by atoms with Gasteiger partial charge < -0.3 is 14.2 Å². The van der Waals surface area contributed by atoms with Gasteiger partial charge in [0, 0.05) is 17.8 Å². The zero-order valence-electron chi connectivity index (χ0n) is 18.2. The van der Waals surface area contributed by atoms with E-state index in [4.69, 9.17) is 14.2 Å². The first-order chi connectivity index (χ1) is 14.3. The van der Waals surface area contributed by atoms with Crippen molar-refractivity contribution in [2.45, 2.75) is 57.5 Å². The second-order valence-corrected chi connectivity index (χ2v) is 9.73. The Kier molecular flexibility index (Phi) is 4.16. The molecule has 4 aliphatic rings. The van der Waals surface area contributed by atoms with Crippen molar-refractivity contribution in [1.82, 2.24) is 0 Å². The third-order valence-electron chi connectivity index (χ3n) is 8.95. The van der Waals surface area contributed by atoms with E-state index >= 15 is 0 Å². The number of allylic oxidation sites excluding steroid dienone is 1. The minimum atomic E-state index is -0.906. The highest BCUT2D eigenvalue weighted by Crippen LogP contribution is 2.77. The maximum absolute atomic E-state index is 12.8. The fourth-order valence-electron chi connectivity index (χ4n) is 7.69. The topological polar surface area (TPSA) is 61.8 Å². The third kappa shape index (κ3) is 2.19. The van der Waals surface area contributed by atoms with Crippen LogP contribution >= 0.6 is 0 Å². The Morgan fingerprint density at radius 1 is 1.13 bits per heavy atom. The zero-order chi connectivity index (χ0) is 21.3. The normalized spacial score (nSPS) is 40.2. The van der Waals surface area contributed by atoms with E-state index < -0.39 is 11.5 Å². The predicted octanol–water partition coefficient (Wildman–Crippen LogP) is 4.19. The van der Waals surface area contributed by atoms with Crippen molar-refractivity contribution in [3.05, 3.63) is 41.5 Å². The Bertz CT molecular complexity index is 951. The molecule has 0 spiro atoms. The van der Waals surface area contributed by atoms with Crippen LogP contribution in [0.25, 0.3) is 0 Å². The van der Waals surface area contributed by atoms with Crippen LogP contribution in [0.4, 0.5) is 0 Å². The van der Waals surface area contributed by atoms with Gasteiger partial charge in [-0.1, -0.05) is 19.1 Å². The number of hydrogen-bond acceptors (Lipinski definition) is 5.